The second kappa shape index (κ2) is 24.0. The summed E-state index contributed by atoms with van der Waals surface area (Å²) in [6.07, 6.45) is 21.0. The van der Waals surface area contributed by atoms with Gasteiger partial charge in [-0.1, -0.05) is 97.3 Å². The Morgan fingerprint density at radius 3 is 1.73 bits per heavy atom. The summed E-state index contributed by atoms with van der Waals surface area (Å²) in [5.74, 6) is -0.126. The van der Waals surface area contributed by atoms with Crippen molar-refractivity contribution in [3.63, 3.8) is 0 Å². The molecule has 0 aromatic heterocycles. The zero-order valence-corrected chi connectivity index (χ0v) is 22.4. The SMILES string of the molecule is CCCCCCCCCCN(C(=O)CCCCCCCCC)C(CCCCN)C(=O)OCC. The van der Waals surface area contributed by atoms with Crippen molar-refractivity contribution in [1.82, 2.24) is 4.90 Å². The van der Waals surface area contributed by atoms with Crippen molar-refractivity contribution >= 4 is 11.9 Å². The molecule has 0 aromatic rings. The van der Waals surface area contributed by atoms with Gasteiger partial charge in [0.05, 0.1) is 6.61 Å². The van der Waals surface area contributed by atoms with Crippen molar-refractivity contribution in [2.75, 3.05) is 19.7 Å². The zero-order chi connectivity index (χ0) is 24.6. The van der Waals surface area contributed by atoms with Gasteiger partial charge < -0.3 is 15.4 Å². The third-order valence-corrected chi connectivity index (χ3v) is 6.43. The first-order valence-electron chi connectivity index (χ1n) is 14.3. The Morgan fingerprint density at radius 2 is 1.21 bits per heavy atom. The van der Waals surface area contributed by atoms with Crippen molar-refractivity contribution in [3.05, 3.63) is 0 Å². The molecule has 1 unspecified atom stereocenters. The van der Waals surface area contributed by atoms with E-state index in [1.807, 2.05) is 11.8 Å². The summed E-state index contributed by atoms with van der Waals surface area (Å²) >= 11 is 0. The second-order valence-electron chi connectivity index (χ2n) is 9.49. The van der Waals surface area contributed by atoms with Gasteiger partial charge in [-0.15, -0.1) is 0 Å². The quantitative estimate of drug-likeness (QED) is 0.120. The number of unbranched alkanes of at least 4 members (excludes halogenated alkanes) is 14. The monoisotopic (exact) mass is 468 g/mol. The molecule has 0 saturated heterocycles. The number of esters is 1. The molecule has 0 saturated carbocycles. The molecule has 0 aliphatic rings. The smallest absolute Gasteiger partial charge is 0.328 e. The molecule has 0 aliphatic heterocycles. The zero-order valence-electron chi connectivity index (χ0n) is 22.4. The molecule has 33 heavy (non-hydrogen) atoms. The van der Waals surface area contributed by atoms with E-state index in [1.54, 1.807) is 0 Å². The number of carbonyl (C=O) groups is 2. The number of nitrogens with two attached hydrogens (primary N) is 1. The normalized spacial score (nSPS) is 12.0. The number of carbonyl (C=O) groups excluding carboxylic acids is 2. The van der Waals surface area contributed by atoms with Crippen LogP contribution in [0.15, 0.2) is 0 Å². The van der Waals surface area contributed by atoms with E-state index >= 15 is 0 Å². The Labute approximate surface area is 205 Å². The van der Waals surface area contributed by atoms with Crippen LogP contribution in [0.3, 0.4) is 0 Å². The topological polar surface area (TPSA) is 72.6 Å². The maximum atomic E-state index is 13.2. The number of rotatable bonds is 24. The Bertz CT molecular complexity index is 456. The summed E-state index contributed by atoms with van der Waals surface area (Å²) in [7, 11) is 0. The lowest BCUT2D eigenvalue weighted by Gasteiger charge is -2.30. The van der Waals surface area contributed by atoms with Crippen LogP contribution >= 0.6 is 0 Å². The fourth-order valence-corrected chi connectivity index (χ4v) is 4.37. The molecule has 0 aromatic carbocycles. The van der Waals surface area contributed by atoms with Crippen LogP contribution in [0.2, 0.25) is 0 Å². The average molecular weight is 469 g/mol. The van der Waals surface area contributed by atoms with Gasteiger partial charge in [0.2, 0.25) is 5.91 Å². The van der Waals surface area contributed by atoms with Gasteiger partial charge in [0.25, 0.3) is 0 Å². The van der Waals surface area contributed by atoms with E-state index in [4.69, 9.17) is 10.5 Å². The fraction of sp³-hybridized carbons (Fsp3) is 0.929. The van der Waals surface area contributed by atoms with Crippen molar-refractivity contribution in [2.45, 2.75) is 149 Å². The Morgan fingerprint density at radius 1 is 0.697 bits per heavy atom. The maximum Gasteiger partial charge on any atom is 0.328 e. The summed E-state index contributed by atoms with van der Waals surface area (Å²) in [6.45, 7) is 7.93. The van der Waals surface area contributed by atoms with Crippen LogP contribution < -0.4 is 5.73 Å². The van der Waals surface area contributed by atoms with Gasteiger partial charge in [-0.05, 0) is 45.6 Å². The lowest BCUT2D eigenvalue weighted by molar-refractivity contribution is -0.155. The minimum Gasteiger partial charge on any atom is -0.464 e. The molecule has 0 heterocycles. The first kappa shape index (κ1) is 31.9. The van der Waals surface area contributed by atoms with Crippen LogP contribution in [0, 0.1) is 0 Å². The minimum absolute atomic E-state index is 0.123. The van der Waals surface area contributed by atoms with E-state index in [-0.39, 0.29) is 11.9 Å². The summed E-state index contributed by atoms with van der Waals surface area (Å²) < 4.78 is 5.36. The first-order valence-corrected chi connectivity index (χ1v) is 14.3. The maximum absolute atomic E-state index is 13.2. The molecule has 0 spiro atoms. The van der Waals surface area contributed by atoms with E-state index in [0.29, 0.717) is 32.5 Å². The van der Waals surface area contributed by atoms with Crippen molar-refractivity contribution in [1.29, 1.82) is 0 Å². The van der Waals surface area contributed by atoms with E-state index in [1.165, 1.54) is 70.6 Å². The molecular weight excluding hydrogens is 412 g/mol. The molecule has 0 radical (unpaired) electrons. The Balaban J connectivity index is 4.77. The lowest BCUT2D eigenvalue weighted by atomic mass is 10.0. The molecule has 0 aliphatic carbocycles. The van der Waals surface area contributed by atoms with Gasteiger partial charge in [0, 0.05) is 13.0 Å². The van der Waals surface area contributed by atoms with Crippen molar-refractivity contribution in [2.24, 2.45) is 5.73 Å². The molecule has 1 atom stereocenters. The van der Waals surface area contributed by atoms with E-state index in [9.17, 15) is 9.59 Å². The molecular formula is C28H56N2O3. The van der Waals surface area contributed by atoms with Gasteiger partial charge in [-0.25, -0.2) is 4.79 Å². The molecule has 0 rings (SSSR count). The summed E-state index contributed by atoms with van der Waals surface area (Å²) in [4.78, 5) is 27.8. The molecule has 5 heteroatoms. The molecule has 196 valence electrons. The van der Waals surface area contributed by atoms with E-state index < -0.39 is 6.04 Å². The molecule has 5 nitrogen and oxygen atoms in total. The van der Waals surface area contributed by atoms with Crippen molar-refractivity contribution in [3.8, 4) is 0 Å². The van der Waals surface area contributed by atoms with Gasteiger partial charge in [0.1, 0.15) is 6.04 Å². The van der Waals surface area contributed by atoms with Crippen LogP contribution in [0.4, 0.5) is 0 Å². The van der Waals surface area contributed by atoms with E-state index in [2.05, 4.69) is 13.8 Å². The van der Waals surface area contributed by atoms with Gasteiger partial charge in [-0.3, -0.25) is 4.79 Å². The lowest BCUT2D eigenvalue weighted by Crippen LogP contribution is -2.46. The number of hydrogen-bond acceptors (Lipinski definition) is 4. The average Bonchev–Trinajstić information content (AvgIpc) is 2.81. The molecule has 1 amide bonds. The van der Waals surface area contributed by atoms with Gasteiger partial charge in [0.15, 0.2) is 0 Å². The third kappa shape index (κ3) is 18.0. The molecule has 0 bridgehead atoms. The number of nitrogens with zero attached hydrogens (tertiary/aromatic N) is 1. The highest BCUT2D eigenvalue weighted by atomic mass is 16.5. The highest BCUT2D eigenvalue weighted by Gasteiger charge is 2.29. The highest BCUT2D eigenvalue weighted by Crippen LogP contribution is 2.17. The Kier molecular flexibility index (Phi) is 23.2. The Hall–Kier alpha value is -1.10. The first-order chi connectivity index (χ1) is 16.1. The predicted octanol–water partition coefficient (Wildman–Crippen LogP) is 7.16. The van der Waals surface area contributed by atoms with Gasteiger partial charge >= 0.3 is 5.97 Å². The van der Waals surface area contributed by atoms with Crippen molar-refractivity contribution < 1.29 is 14.3 Å². The summed E-state index contributed by atoms with van der Waals surface area (Å²) in [5.41, 5.74) is 5.67. The summed E-state index contributed by atoms with van der Waals surface area (Å²) in [6, 6.07) is -0.460. The van der Waals surface area contributed by atoms with Crippen LogP contribution in [0.25, 0.3) is 0 Å². The standard InChI is InChI=1S/C28H56N2O3/c1-4-7-9-11-13-15-17-21-25-30(26(22-19-20-24-29)28(32)33-6-3)27(31)23-18-16-14-12-10-8-5-2/h26H,4-25,29H2,1-3H3. The van der Waals surface area contributed by atoms with Gasteiger partial charge in [-0.2, -0.15) is 0 Å². The predicted molar refractivity (Wildman–Crippen MR) is 140 cm³/mol. The summed E-state index contributed by atoms with van der Waals surface area (Å²) in [5, 5.41) is 0. The van der Waals surface area contributed by atoms with E-state index in [0.717, 1.165) is 38.5 Å². The molecule has 2 N–H and O–H groups in total. The van der Waals surface area contributed by atoms with Crippen LogP contribution in [0.5, 0.6) is 0 Å². The third-order valence-electron chi connectivity index (χ3n) is 6.43. The second-order valence-corrected chi connectivity index (χ2v) is 9.49. The largest absolute Gasteiger partial charge is 0.464 e. The molecule has 0 fully saturated rings. The fourth-order valence-electron chi connectivity index (χ4n) is 4.37. The highest BCUT2D eigenvalue weighted by molar-refractivity contribution is 5.84. The number of hydrogen-bond donors (Lipinski definition) is 1. The van der Waals surface area contributed by atoms with Crippen LogP contribution in [-0.4, -0.2) is 42.5 Å². The van der Waals surface area contributed by atoms with Crippen LogP contribution in [0.1, 0.15) is 143 Å². The number of ether oxygens (including phenoxy) is 1. The van der Waals surface area contributed by atoms with Crippen LogP contribution in [-0.2, 0) is 14.3 Å². The number of amides is 1. The minimum atomic E-state index is -0.460.